The van der Waals surface area contributed by atoms with Crippen molar-refractivity contribution in [2.24, 2.45) is 0 Å². The van der Waals surface area contributed by atoms with Crippen LogP contribution in [-0.2, 0) is 6.54 Å². The van der Waals surface area contributed by atoms with E-state index in [2.05, 4.69) is 29.2 Å². The number of furan rings is 1. The first-order chi connectivity index (χ1) is 10.6. The monoisotopic (exact) mass is 300 g/mol. The van der Waals surface area contributed by atoms with Crippen LogP contribution < -0.4 is 5.32 Å². The molecule has 0 aliphatic carbocycles. The van der Waals surface area contributed by atoms with Crippen molar-refractivity contribution in [1.29, 1.82) is 0 Å². The maximum Gasteiger partial charge on any atom is 0.263 e. The first kappa shape index (κ1) is 14.6. The highest BCUT2D eigenvalue weighted by Crippen LogP contribution is 2.22. The highest BCUT2D eigenvalue weighted by atomic mass is 16.4. The van der Waals surface area contributed by atoms with E-state index in [0.717, 1.165) is 11.5 Å². The van der Waals surface area contributed by atoms with Crippen molar-refractivity contribution in [3.05, 3.63) is 48.3 Å². The predicted octanol–water partition coefficient (Wildman–Crippen LogP) is 3.18. The SMILES string of the molecule is Cc1oc(-c2ccco2)nc1CN[C@H](C)[C@@H](C)n1cccn1. The molecule has 0 bridgehead atoms. The van der Waals surface area contributed by atoms with E-state index in [1.165, 1.54) is 0 Å². The number of aromatic nitrogens is 3. The zero-order chi connectivity index (χ0) is 15.5. The van der Waals surface area contributed by atoms with Crippen LogP contribution in [0.2, 0.25) is 0 Å². The largest absolute Gasteiger partial charge is 0.459 e. The quantitative estimate of drug-likeness (QED) is 0.757. The number of rotatable bonds is 6. The summed E-state index contributed by atoms with van der Waals surface area (Å²) in [7, 11) is 0. The van der Waals surface area contributed by atoms with Crippen LogP contribution in [0, 0.1) is 6.92 Å². The highest BCUT2D eigenvalue weighted by Gasteiger charge is 2.17. The van der Waals surface area contributed by atoms with Crippen molar-refractivity contribution in [3.8, 4) is 11.7 Å². The van der Waals surface area contributed by atoms with Gasteiger partial charge in [-0.2, -0.15) is 5.10 Å². The zero-order valence-electron chi connectivity index (χ0n) is 13.0. The average molecular weight is 300 g/mol. The summed E-state index contributed by atoms with van der Waals surface area (Å²) in [5.41, 5.74) is 0.894. The summed E-state index contributed by atoms with van der Waals surface area (Å²) in [6.07, 6.45) is 5.38. The molecule has 0 aliphatic rings. The van der Waals surface area contributed by atoms with Gasteiger partial charge in [0.05, 0.1) is 18.0 Å². The number of nitrogens with one attached hydrogen (secondary N) is 1. The summed E-state index contributed by atoms with van der Waals surface area (Å²) in [5.74, 6) is 1.97. The Balaban J connectivity index is 1.64. The van der Waals surface area contributed by atoms with Gasteiger partial charge in [0, 0.05) is 25.0 Å². The van der Waals surface area contributed by atoms with Crippen LogP contribution in [0.15, 0.2) is 45.7 Å². The molecule has 22 heavy (non-hydrogen) atoms. The van der Waals surface area contributed by atoms with Crippen molar-refractivity contribution < 1.29 is 8.83 Å². The highest BCUT2D eigenvalue weighted by molar-refractivity contribution is 5.44. The van der Waals surface area contributed by atoms with Crippen molar-refractivity contribution in [3.63, 3.8) is 0 Å². The fourth-order valence-electron chi connectivity index (χ4n) is 2.28. The standard InChI is InChI=1S/C16H20N4O2/c1-11(12(2)20-8-5-7-18-20)17-10-14-13(3)22-16(19-14)15-6-4-9-21-15/h4-9,11-12,17H,10H2,1-3H3/t11-,12-/m1/s1. The van der Waals surface area contributed by atoms with Crippen LogP contribution in [0.4, 0.5) is 0 Å². The van der Waals surface area contributed by atoms with Gasteiger partial charge in [-0.05, 0) is 39.0 Å². The van der Waals surface area contributed by atoms with Gasteiger partial charge >= 0.3 is 0 Å². The van der Waals surface area contributed by atoms with Gasteiger partial charge in [-0.15, -0.1) is 0 Å². The molecule has 3 heterocycles. The normalized spacial score (nSPS) is 14.1. The molecule has 0 aliphatic heterocycles. The van der Waals surface area contributed by atoms with Crippen LogP contribution in [-0.4, -0.2) is 20.8 Å². The lowest BCUT2D eigenvalue weighted by molar-refractivity contribution is 0.363. The Hall–Kier alpha value is -2.34. The number of aryl methyl sites for hydroxylation is 1. The van der Waals surface area contributed by atoms with Crippen LogP contribution >= 0.6 is 0 Å². The van der Waals surface area contributed by atoms with E-state index < -0.39 is 0 Å². The molecule has 3 aromatic heterocycles. The fourth-order valence-corrected chi connectivity index (χ4v) is 2.28. The van der Waals surface area contributed by atoms with E-state index in [1.54, 1.807) is 12.5 Å². The molecular weight excluding hydrogens is 280 g/mol. The minimum absolute atomic E-state index is 0.253. The molecule has 0 fully saturated rings. The molecule has 3 aromatic rings. The Labute approximate surface area is 129 Å². The number of nitrogens with zero attached hydrogens (tertiary/aromatic N) is 3. The maximum absolute atomic E-state index is 5.66. The van der Waals surface area contributed by atoms with Crippen LogP contribution in [0.3, 0.4) is 0 Å². The van der Waals surface area contributed by atoms with Crippen molar-refractivity contribution >= 4 is 0 Å². The summed E-state index contributed by atoms with van der Waals surface area (Å²) >= 11 is 0. The summed E-state index contributed by atoms with van der Waals surface area (Å²) in [6.45, 7) is 6.82. The van der Waals surface area contributed by atoms with E-state index in [-0.39, 0.29) is 12.1 Å². The predicted molar refractivity (Wildman–Crippen MR) is 82.2 cm³/mol. The molecule has 1 N–H and O–H groups in total. The van der Waals surface area contributed by atoms with Gasteiger partial charge in [-0.25, -0.2) is 4.98 Å². The first-order valence-corrected chi connectivity index (χ1v) is 7.38. The van der Waals surface area contributed by atoms with E-state index >= 15 is 0 Å². The minimum atomic E-state index is 0.253. The van der Waals surface area contributed by atoms with E-state index in [0.29, 0.717) is 18.2 Å². The van der Waals surface area contributed by atoms with Gasteiger partial charge in [0.25, 0.3) is 5.89 Å². The maximum atomic E-state index is 5.66. The lowest BCUT2D eigenvalue weighted by Gasteiger charge is -2.21. The van der Waals surface area contributed by atoms with Gasteiger partial charge in [-0.1, -0.05) is 0 Å². The zero-order valence-corrected chi connectivity index (χ0v) is 13.0. The molecule has 6 heteroatoms. The second-order valence-electron chi connectivity index (χ2n) is 5.40. The summed E-state index contributed by atoms with van der Waals surface area (Å²) in [5, 5.41) is 7.75. The van der Waals surface area contributed by atoms with E-state index in [1.807, 2.05) is 36.0 Å². The lowest BCUT2D eigenvalue weighted by atomic mass is 10.1. The molecule has 0 unspecified atom stereocenters. The van der Waals surface area contributed by atoms with E-state index in [4.69, 9.17) is 8.83 Å². The molecule has 0 radical (unpaired) electrons. The molecule has 2 atom stereocenters. The van der Waals surface area contributed by atoms with Gasteiger partial charge in [0.2, 0.25) is 0 Å². The molecular formula is C16H20N4O2. The molecule has 116 valence electrons. The Morgan fingerprint density at radius 1 is 1.32 bits per heavy atom. The van der Waals surface area contributed by atoms with Gasteiger partial charge < -0.3 is 14.2 Å². The second-order valence-corrected chi connectivity index (χ2v) is 5.40. The average Bonchev–Trinajstić information content (AvgIpc) is 3.25. The molecule has 0 spiro atoms. The van der Waals surface area contributed by atoms with Gasteiger partial charge in [0.1, 0.15) is 5.76 Å². The number of oxazole rings is 1. The Kier molecular flexibility index (Phi) is 4.11. The molecule has 0 amide bonds. The second kappa shape index (κ2) is 6.19. The van der Waals surface area contributed by atoms with Crippen molar-refractivity contribution in [2.75, 3.05) is 0 Å². The molecule has 3 rings (SSSR count). The van der Waals surface area contributed by atoms with Crippen LogP contribution in [0.25, 0.3) is 11.7 Å². The molecule has 0 saturated heterocycles. The fraction of sp³-hybridized carbons (Fsp3) is 0.375. The summed E-state index contributed by atoms with van der Waals surface area (Å²) < 4.78 is 12.9. The van der Waals surface area contributed by atoms with Crippen LogP contribution in [0.1, 0.15) is 31.3 Å². The minimum Gasteiger partial charge on any atom is -0.459 e. The third-order valence-corrected chi connectivity index (χ3v) is 3.88. The molecule has 6 nitrogen and oxygen atoms in total. The Morgan fingerprint density at radius 3 is 2.86 bits per heavy atom. The van der Waals surface area contributed by atoms with Crippen LogP contribution in [0.5, 0.6) is 0 Å². The summed E-state index contributed by atoms with van der Waals surface area (Å²) in [6, 6.07) is 6.10. The van der Waals surface area contributed by atoms with E-state index in [9.17, 15) is 0 Å². The molecule has 0 aromatic carbocycles. The third kappa shape index (κ3) is 2.96. The lowest BCUT2D eigenvalue weighted by Crippen LogP contribution is -2.33. The van der Waals surface area contributed by atoms with Crippen molar-refractivity contribution in [1.82, 2.24) is 20.1 Å². The topological polar surface area (TPSA) is 69.0 Å². The molecule has 0 saturated carbocycles. The smallest absolute Gasteiger partial charge is 0.263 e. The Morgan fingerprint density at radius 2 is 2.18 bits per heavy atom. The van der Waals surface area contributed by atoms with Gasteiger partial charge in [0.15, 0.2) is 5.76 Å². The first-order valence-electron chi connectivity index (χ1n) is 7.38. The van der Waals surface area contributed by atoms with Crippen molar-refractivity contribution in [2.45, 2.75) is 39.4 Å². The number of hydrogen-bond donors (Lipinski definition) is 1. The third-order valence-electron chi connectivity index (χ3n) is 3.88. The Bertz CT molecular complexity index is 701. The number of hydrogen-bond acceptors (Lipinski definition) is 5. The van der Waals surface area contributed by atoms with Gasteiger partial charge in [-0.3, -0.25) is 4.68 Å². The summed E-state index contributed by atoms with van der Waals surface area (Å²) in [4.78, 5) is 4.50.